The molecule has 0 radical (unpaired) electrons. The molecule has 0 saturated heterocycles. The van der Waals surface area contributed by atoms with E-state index < -0.39 is 0 Å². The number of ether oxygens (including phenoxy) is 2. The van der Waals surface area contributed by atoms with Crippen LogP contribution in [0.2, 0.25) is 0 Å². The van der Waals surface area contributed by atoms with Gasteiger partial charge in [-0.2, -0.15) is 4.36 Å². The molecule has 0 spiro atoms. The number of para-hydroxylation sites is 1. The molecule has 1 unspecified atom stereocenters. The van der Waals surface area contributed by atoms with Gasteiger partial charge >= 0.3 is 0 Å². The molecule has 2 aromatic carbocycles. The van der Waals surface area contributed by atoms with E-state index in [-0.39, 0.29) is 10.7 Å². The molecule has 19 heavy (non-hydrogen) atoms. The van der Waals surface area contributed by atoms with Crippen molar-refractivity contribution in [2.24, 2.45) is 0 Å². The first-order chi connectivity index (χ1) is 9.22. The molecular weight excluding hydrogens is 258 g/mol. The lowest BCUT2D eigenvalue weighted by Gasteiger charge is -2.06. The summed E-state index contributed by atoms with van der Waals surface area (Å²) in [5.41, 5.74) is 1.11. The molecule has 1 N–H and O–H groups in total. The maximum absolute atomic E-state index is 5.29. The zero-order chi connectivity index (χ0) is 13.7. The SMILES string of the molecule is COc1cc(OC)cc(S(C)=[NH+]c2ccccc2)c1. The van der Waals surface area contributed by atoms with Crippen LogP contribution >= 0.6 is 0 Å². The van der Waals surface area contributed by atoms with Crippen LogP contribution in [0.1, 0.15) is 0 Å². The molecule has 2 rings (SSSR count). The van der Waals surface area contributed by atoms with Crippen LogP contribution in [0.4, 0.5) is 5.69 Å². The van der Waals surface area contributed by atoms with E-state index in [1.54, 1.807) is 14.2 Å². The Morgan fingerprint density at radius 3 is 2.00 bits per heavy atom. The van der Waals surface area contributed by atoms with Gasteiger partial charge in [-0.15, -0.1) is 0 Å². The van der Waals surface area contributed by atoms with Crippen LogP contribution < -0.4 is 13.8 Å². The van der Waals surface area contributed by atoms with E-state index in [1.807, 2.05) is 36.4 Å². The molecule has 3 nitrogen and oxygen atoms in total. The monoisotopic (exact) mass is 276 g/mol. The zero-order valence-electron chi connectivity index (χ0n) is 11.3. The van der Waals surface area contributed by atoms with Gasteiger partial charge in [0, 0.05) is 24.5 Å². The topological polar surface area (TPSA) is 32.4 Å². The number of benzene rings is 2. The molecule has 0 aromatic heterocycles. The van der Waals surface area contributed by atoms with Gasteiger partial charge in [-0.3, -0.25) is 0 Å². The summed E-state index contributed by atoms with van der Waals surface area (Å²) in [6.07, 6.45) is 2.14. The number of rotatable bonds is 4. The minimum Gasteiger partial charge on any atom is -0.497 e. The highest BCUT2D eigenvalue weighted by molar-refractivity contribution is 7.83. The molecule has 0 aliphatic heterocycles. The number of methoxy groups -OCH3 is 2. The average molecular weight is 276 g/mol. The lowest BCUT2D eigenvalue weighted by Crippen LogP contribution is -2.62. The van der Waals surface area contributed by atoms with Crippen LogP contribution in [-0.4, -0.2) is 20.5 Å². The summed E-state index contributed by atoms with van der Waals surface area (Å²) in [6, 6.07) is 16.1. The Labute approximate surface area is 116 Å². The summed E-state index contributed by atoms with van der Waals surface area (Å²) in [6.45, 7) is 0. The predicted molar refractivity (Wildman–Crippen MR) is 78.2 cm³/mol. The fourth-order valence-corrected chi connectivity index (χ4v) is 2.89. The Balaban J connectivity index is 2.38. The van der Waals surface area contributed by atoms with Gasteiger partial charge in [0.1, 0.15) is 11.5 Å². The van der Waals surface area contributed by atoms with E-state index in [0.29, 0.717) is 0 Å². The zero-order valence-corrected chi connectivity index (χ0v) is 12.2. The lowest BCUT2D eigenvalue weighted by atomic mass is 10.3. The molecule has 0 bridgehead atoms. The largest absolute Gasteiger partial charge is 0.497 e. The Kier molecular flexibility index (Phi) is 4.58. The van der Waals surface area contributed by atoms with E-state index >= 15 is 0 Å². The summed E-state index contributed by atoms with van der Waals surface area (Å²) in [5.74, 6) is 1.62. The summed E-state index contributed by atoms with van der Waals surface area (Å²) in [5, 5.41) is 0. The second-order valence-corrected chi connectivity index (χ2v) is 5.72. The van der Waals surface area contributed by atoms with Crippen molar-refractivity contribution in [3.05, 3.63) is 48.5 Å². The van der Waals surface area contributed by atoms with E-state index in [4.69, 9.17) is 9.47 Å². The first-order valence-corrected chi connectivity index (χ1v) is 7.57. The third-order valence-corrected chi connectivity index (χ3v) is 4.21. The maximum Gasteiger partial charge on any atom is 0.210 e. The maximum atomic E-state index is 5.29. The van der Waals surface area contributed by atoms with Gasteiger partial charge in [-0.05, 0) is 12.1 Å². The summed E-state index contributed by atoms with van der Waals surface area (Å²) < 4.78 is 14.1. The van der Waals surface area contributed by atoms with Crippen molar-refractivity contribution in [1.82, 2.24) is 0 Å². The normalized spacial score (nSPS) is 12.2. The lowest BCUT2D eigenvalue weighted by molar-refractivity contribution is -0.321. The van der Waals surface area contributed by atoms with E-state index in [1.165, 1.54) is 0 Å². The van der Waals surface area contributed by atoms with Gasteiger partial charge in [-0.25, -0.2) is 0 Å². The quantitative estimate of drug-likeness (QED) is 0.925. The van der Waals surface area contributed by atoms with Crippen molar-refractivity contribution in [3.8, 4) is 11.5 Å². The van der Waals surface area contributed by atoms with Crippen molar-refractivity contribution in [1.29, 1.82) is 0 Å². The van der Waals surface area contributed by atoms with Gasteiger partial charge in [0.2, 0.25) is 5.69 Å². The second-order valence-electron chi connectivity index (χ2n) is 4.03. The van der Waals surface area contributed by atoms with Gasteiger partial charge in [-0.1, -0.05) is 18.2 Å². The molecule has 0 fully saturated rings. The Hall–Kier alpha value is -1.81. The van der Waals surface area contributed by atoms with Crippen molar-refractivity contribution in [2.75, 3.05) is 20.5 Å². The highest BCUT2D eigenvalue weighted by Crippen LogP contribution is 2.23. The van der Waals surface area contributed by atoms with Gasteiger partial charge in [0.15, 0.2) is 0 Å². The molecule has 1 atom stereocenters. The molecular formula is C15H18NO2S+. The van der Waals surface area contributed by atoms with Gasteiger partial charge in [0.05, 0.1) is 29.8 Å². The van der Waals surface area contributed by atoms with Crippen LogP contribution in [-0.2, 0) is 10.7 Å². The third-order valence-electron chi connectivity index (χ3n) is 2.72. The van der Waals surface area contributed by atoms with E-state index in [2.05, 4.69) is 22.8 Å². The van der Waals surface area contributed by atoms with Crippen LogP contribution in [0.5, 0.6) is 11.5 Å². The summed E-state index contributed by atoms with van der Waals surface area (Å²) in [7, 11) is 3.21. The molecule has 4 heteroatoms. The van der Waals surface area contributed by atoms with E-state index in [0.717, 1.165) is 22.1 Å². The minimum absolute atomic E-state index is 0.118. The molecule has 0 aliphatic rings. The standard InChI is InChI=1S/C15H17NO2S/c1-17-13-9-14(18-2)11-15(10-13)19(3)16-12-7-5-4-6-8-12/h4-11H,1-3H3/p+1. The molecule has 0 saturated carbocycles. The first kappa shape index (κ1) is 13.6. The molecule has 2 aromatic rings. The average Bonchev–Trinajstić information content (AvgIpc) is 2.47. The first-order valence-electron chi connectivity index (χ1n) is 5.93. The molecule has 0 aliphatic carbocycles. The van der Waals surface area contributed by atoms with Crippen molar-refractivity contribution in [3.63, 3.8) is 0 Å². The summed E-state index contributed by atoms with van der Waals surface area (Å²) in [4.78, 5) is 1.15. The van der Waals surface area contributed by atoms with Gasteiger partial charge in [0.25, 0.3) is 0 Å². The highest BCUT2D eigenvalue weighted by atomic mass is 32.2. The van der Waals surface area contributed by atoms with Crippen LogP contribution in [0, 0.1) is 0 Å². The molecule has 0 heterocycles. The van der Waals surface area contributed by atoms with Crippen LogP contribution in [0.3, 0.4) is 0 Å². The third kappa shape index (κ3) is 3.58. The van der Waals surface area contributed by atoms with Crippen LogP contribution in [0.15, 0.2) is 53.4 Å². The Bertz CT molecular complexity index is 560. The Morgan fingerprint density at radius 1 is 0.895 bits per heavy atom. The molecule has 0 amide bonds. The predicted octanol–water partition coefficient (Wildman–Crippen LogP) is 1.91. The summed E-state index contributed by atoms with van der Waals surface area (Å²) >= 11 is 0. The Morgan fingerprint density at radius 2 is 1.47 bits per heavy atom. The number of nitrogens with one attached hydrogen (secondary N) is 1. The fourth-order valence-electron chi connectivity index (χ4n) is 1.70. The second kappa shape index (κ2) is 6.38. The van der Waals surface area contributed by atoms with Crippen molar-refractivity contribution >= 4 is 16.4 Å². The number of hydrogen-bond acceptors (Lipinski definition) is 2. The minimum atomic E-state index is -0.118. The highest BCUT2D eigenvalue weighted by Gasteiger charge is 2.07. The smallest absolute Gasteiger partial charge is 0.210 e. The molecule has 100 valence electrons. The number of hydrogen-bond donors (Lipinski definition) is 1. The van der Waals surface area contributed by atoms with Crippen molar-refractivity contribution in [2.45, 2.75) is 4.90 Å². The van der Waals surface area contributed by atoms with Crippen LogP contribution in [0.25, 0.3) is 0 Å². The van der Waals surface area contributed by atoms with E-state index in [9.17, 15) is 0 Å². The van der Waals surface area contributed by atoms with Gasteiger partial charge < -0.3 is 9.47 Å². The fraction of sp³-hybridized carbons (Fsp3) is 0.200. The van der Waals surface area contributed by atoms with Crippen molar-refractivity contribution < 1.29 is 13.8 Å².